The summed E-state index contributed by atoms with van der Waals surface area (Å²) in [5.41, 5.74) is 4.45. The van der Waals surface area contributed by atoms with E-state index in [0.717, 1.165) is 33.6 Å². The van der Waals surface area contributed by atoms with Crippen molar-refractivity contribution in [2.45, 2.75) is 20.1 Å². The summed E-state index contributed by atoms with van der Waals surface area (Å²) in [5.74, 6) is 0.836. The molecule has 0 unspecified atom stereocenters. The predicted octanol–water partition coefficient (Wildman–Crippen LogP) is 6.49. The number of hydrogen-bond acceptors (Lipinski definition) is 2. The Balaban J connectivity index is 1.56. The summed E-state index contributed by atoms with van der Waals surface area (Å²) in [7, 11) is 0. The molecule has 0 fully saturated rings. The van der Waals surface area contributed by atoms with E-state index in [1.807, 2.05) is 54.6 Å². The van der Waals surface area contributed by atoms with Crippen molar-refractivity contribution in [3.63, 3.8) is 0 Å². The summed E-state index contributed by atoms with van der Waals surface area (Å²) < 4.78 is 5.80. The average Bonchev–Trinajstić information content (AvgIpc) is 2.62. The molecule has 3 aromatic carbocycles. The highest BCUT2D eigenvalue weighted by atomic mass is 35.5. The first kappa shape index (κ1) is 17.7. The maximum Gasteiger partial charge on any atom is 0.119 e. The van der Waals surface area contributed by atoms with Gasteiger partial charge in [0.05, 0.1) is 0 Å². The zero-order chi connectivity index (χ0) is 17.6. The summed E-state index contributed by atoms with van der Waals surface area (Å²) in [4.78, 5) is 0. The Morgan fingerprint density at radius 2 is 1.60 bits per heavy atom. The summed E-state index contributed by atoms with van der Waals surface area (Å²) in [6.45, 7) is 3.29. The maximum absolute atomic E-state index is 6.05. The average molecular weight is 372 g/mol. The van der Waals surface area contributed by atoms with Crippen molar-refractivity contribution >= 4 is 28.9 Å². The SMILES string of the molecule is Cc1ccc(Cl)cc1NCc1ccc(OCc2cccc(Cl)c2)cc1. The number of ether oxygens (including phenoxy) is 1. The third-order valence-corrected chi connectivity index (χ3v) is 4.37. The lowest BCUT2D eigenvalue weighted by molar-refractivity contribution is 0.306. The summed E-state index contributed by atoms with van der Waals surface area (Å²) in [5, 5.41) is 4.87. The second-order valence-electron chi connectivity index (χ2n) is 5.88. The molecule has 0 heterocycles. The van der Waals surface area contributed by atoms with Crippen LogP contribution in [0.15, 0.2) is 66.7 Å². The third-order valence-electron chi connectivity index (χ3n) is 3.90. The zero-order valence-electron chi connectivity index (χ0n) is 13.9. The molecule has 4 heteroatoms. The molecule has 0 aliphatic heterocycles. The molecular formula is C21H19Cl2NO. The second kappa shape index (κ2) is 8.28. The lowest BCUT2D eigenvalue weighted by Crippen LogP contribution is -2.01. The molecule has 1 N–H and O–H groups in total. The van der Waals surface area contributed by atoms with Gasteiger partial charge in [0.15, 0.2) is 0 Å². The minimum Gasteiger partial charge on any atom is -0.489 e. The zero-order valence-corrected chi connectivity index (χ0v) is 15.4. The van der Waals surface area contributed by atoms with Crippen LogP contribution in [-0.4, -0.2) is 0 Å². The van der Waals surface area contributed by atoms with E-state index in [1.54, 1.807) is 0 Å². The third kappa shape index (κ3) is 5.15. The minimum absolute atomic E-state index is 0.500. The van der Waals surface area contributed by atoms with Gasteiger partial charge in [0.25, 0.3) is 0 Å². The fourth-order valence-electron chi connectivity index (χ4n) is 2.48. The molecule has 0 aromatic heterocycles. The van der Waals surface area contributed by atoms with Gasteiger partial charge in [-0.25, -0.2) is 0 Å². The summed E-state index contributed by atoms with van der Waals surface area (Å²) in [6.07, 6.45) is 0. The second-order valence-corrected chi connectivity index (χ2v) is 6.75. The fraction of sp³-hybridized carbons (Fsp3) is 0.143. The monoisotopic (exact) mass is 371 g/mol. The Hall–Kier alpha value is -2.16. The van der Waals surface area contributed by atoms with Gasteiger partial charge in [0.1, 0.15) is 12.4 Å². The van der Waals surface area contributed by atoms with Crippen LogP contribution in [-0.2, 0) is 13.2 Å². The number of rotatable bonds is 6. The maximum atomic E-state index is 6.05. The van der Waals surface area contributed by atoms with Crippen molar-refractivity contribution in [2.24, 2.45) is 0 Å². The van der Waals surface area contributed by atoms with Crippen LogP contribution in [0, 0.1) is 6.92 Å². The van der Waals surface area contributed by atoms with E-state index < -0.39 is 0 Å². The molecule has 0 spiro atoms. The van der Waals surface area contributed by atoms with Crippen LogP contribution >= 0.6 is 23.2 Å². The number of benzene rings is 3. The molecular weight excluding hydrogens is 353 g/mol. The molecule has 25 heavy (non-hydrogen) atoms. The normalized spacial score (nSPS) is 10.5. The van der Waals surface area contributed by atoms with Crippen LogP contribution in [0.3, 0.4) is 0 Å². The van der Waals surface area contributed by atoms with Crippen molar-refractivity contribution in [3.8, 4) is 5.75 Å². The van der Waals surface area contributed by atoms with Gasteiger partial charge < -0.3 is 10.1 Å². The summed E-state index contributed by atoms with van der Waals surface area (Å²) >= 11 is 12.0. The highest BCUT2D eigenvalue weighted by molar-refractivity contribution is 6.31. The Labute approximate surface area is 158 Å². The Kier molecular flexibility index (Phi) is 5.85. The van der Waals surface area contributed by atoms with Crippen molar-refractivity contribution in [3.05, 3.63) is 93.5 Å². The molecule has 0 bridgehead atoms. The molecule has 0 aliphatic rings. The lowest BCUT2D eigenvalue weighted by atomic mass is 10.1. The largest absolute Gasteiger partial charge is 0.489 e. The first-order valence-corrected chi connectivity index (χ1v) is 8.82. The van der Waals surface area contributed by atoms with Crippen LogP contribution in [0.4, 0.5) is 5.69 Å². The van der Waals surface area contributed by atoms with E-state index in [9.17, 15) is 0 Å². The molecule has 128 valence electrons. The van der Waals surface area contributed by atoms with E-state index in [0.29, 0.717) is 6.61 Å². The molecule has 0 amide bonds. The number of anilines is 1. The molecule has 2 nitrogen and oxygen atoms in total. The molecule has 0 saturated heterocycles. The van der Waals surface area contributed by atoms with Gasteiger partial charge in [-0.05, 0) is 60.0 Å². The number of aryl methyl sites for hydroxylation is 1. The van der Waals surface area contributed by atoms with Crippen LogP contribution in [0.1, 0.15) is 16.7 Å². The van der Waals surface area contributed by atoms with E-state index >= 15 is 0 Å². The standard InChI is InChI=1S/C21H19Cl2NO/c1-15-5-8-19(23)12-21(15)24-13-16-6-9-20(10-7-16)25-14-17-3-2-4-18(22)11-17/h2-12,24H,13-14H2,1H3. The van der Waals surface area contributed by atoms with Crippen molar-refractivity contribution in [2.75, 3.05) is 5.32 Å². The van der Waals surface area contributed by atoms with Gasteiger partial charge in [0, 0.05) is 22.3 Å². The molecule has 0 radical (unpaired) electrons. The predicted molar refractivity (Wildman–Crippen MR) is 106 cm³/mol. The van der Waals surface area contributed by atoms with E-state index in [2.05, 4.69) is 24.4 Å². The van der Waals surface area contributed by atoms with E-state index in [-0.39, 0.29) is 0 Å². The van der Waals surface area contributed by atoms with Crippen molar-refractivity contribution in [1.82, 2.24) is 0 Å². The molecule has 0 saturated carbocycles. The van der Waals surface area contributed by atoms with Crippen molar-refractivity contribution < 1.29 is 4.74 Å². The number of hydrogen-bond donors (Lipinski definition) is 1. The molecule has 0 atom stereocenters. The van der Waals surface area contributed by atoms with Crippen LogP contribution in [0.2, 0.25) is 10.0 Å². The van der Waals surface area contributed by atoms with Crippen LogP contribution in [0.25, 0.3) is 0 Å². The van der Waals surface area contributed by atoms with Gasteiger partial charge in [-0.15, -0.1) is 0 Å². The highest BCUT2D eigenvalue weighted by Gasteiger charge is 2.01. The quantitative estimate of drug-likeness (QED) is 0.534. The Morgan fingerprint density at radius 3 is 2.36 bits per heavy atom. The number of halogens is 2. The van der Waals surface area contributed by atoms with Gasteiger partial charge in [-0.3, -0.25) is 0 Å². The van der Waals surface area contributed by atoms with E-state index in [1.165, 1.54) is 11.1 Å². The smallest absolute Gasteiger partial charge is 0.119 e. The molecule has 3 aromatic rings. The first-order chi connectivity index (χ1) is 12.1. The molecule has 3 rings (SSSR count). The molecule has 0 aliphatic carbocycles. The van der Waals surface area contributed by atoms with Gasteiger partial charge in [-0.2, -0.15) is 0 Å². The van der Waals surface area contributed by atoms with E-state index in [4.69, 9.17) is 27.9 Å². The number of nitrogens with one attached hydrogen (secondary N) is 1. The Bertz CT molecular complexity index is 847. The van der Waals surface area contributed by atoms with Crippen molar-refractivity contribution in [1.29, 1.82) is 0 Å². The first-order valence-electron chi connectivity index (χ1n) is 8.06. The topological polar surface area (TPSA) is 21.3 Å². The van der Waals surface area contributed by atoms with Crippen LogP contribution < -0.4 is 10.1 Å². The van der Waals surface area contributed by atoms with Gasteiger partial charge >= 0.3 is 0 Å². The van der Waals surface area contributed by atoms with Crippen LogP contribution in [0.5, 0.6) is 5.75 Å². The highest BCUT2D eigenvalue weighted by Crippen LogP contribution is 2.21. The Morgan fingerprint density at radius 1 is 0.840 bits per heavy atom. The minimum atomic E-state index is 0.500. The van der Waals surface area contributed by atoms with Gasteiger partial charge in [0.2, 0.25) is 0 Å². The fourth-order valence-corrected chi connectivity index (χ4v) is 2.86. The lowest BCUT2D eigenvalue weighted by Gasteiger charge is -2.11. The van der Waals surface area contributed by atoms with Gasteiger partial charge in [-0.1, -0.05) is 53.5 Å². The summed E-state index contributed by atoms with van der Waals surface area (Å²) in [6, 6.07) is 21.6.